The second kappa shape index (κ2) is 15.9. The van der Waals surface area contributed by atoms with E-state index in [-0.39, 0.29) is 42.3 Å². The predicted molar refractivity (Wildman–Crippen MR) is 177 cm³/mol. The number of ether oxygens (including phenoxy) is 1. The molecule has 2 fully saturated rings. The summed E-state index contributed by atoms with van der Waals surface area (Å²) >= 11 is 0. The molecule has 9 nitrogen and oxygen atoms in total. The summed E-state index contributed by atoms with van der Waals surface area (Å²) in [5.41, 5.74) is 0.838. The lowest BCUT2D eigenvalue weighted by atomic mass is 9.84. The van der Waals surface area contributed by atoms with Gasteiger partial charge in [-0.25, -0.2) is 4.79 Å². The summed E-state index contributed by atoms with van der Waals surface area (Å²) in [5, 5.41) is 3.13. The average molecular weight is 625 g/mol. The van der Waals surface area contributed by atoms with Gasteiger partial charge in [-0.15, -0.1) is 0 Å². The fraction of sp³-hybridized carbons (Fsp3) is 0.667. The molecule has 0 saturated carbocycles. The van der Waals surface area contributed by atoms with E-state index < -0.39 is 29.5 Å². The molecule has 250 valence electrons. The first-order valence-electron chi connectivity index (χ1n) is 16.7. The number of esters is 1. The summed E-state index contributed by atoms with van der Waals surface area (Å²) in [6.45, 7) is 17.4. The topological polar surface area (TPSA) is 99.3 Å². The molecule has 45 heavy (non-hydrogen) atoms. The minimum atomic E-state index is -0.737. The van der Waals surface area contributed by atoms with Gasteiger partial charge in [0.25, 0.3) is 0 Å². The zero-order valence-corrected chi connectivity index (χ0v) is 29.0. The highest BCUT2D eigenvalue weighted by Crippen LogP contribution is 2.27. The smallest absolute Gasteiger partial charge is 0.329 e. The normalized spacial score (nSPS) is 21.0. The molecular weight excluding hydrogens is 568 g/mol. The second-order valence-corrected chi connectivity index (χ2v) is 14.4. The Morgan fingerprint density at radius 2 is 1.62 bits per heavy atom. The summed E-state index contributed by atoms with van der Waals surface area (Å²) in [6, 6.07) is 7.71. The molecule has 2 aliphatic rings. The molecule has 4 atom stereocenters. The highest BCUT2D eigenvalue weighted by atomic mass is 16.5. The van der Waals surface area contributed by atoms with Crippen LogP contribution in [0.25, 0.3) is 0 Å². The number of carbonyl (C=O) groups is 4. The standard InChI is InChI=1S/C36H56N4O5/c1-24(2)30(22-26(5)33(42)40-21-15-19-29(40)35(44)45-23-27-16-11-10-12-17-27)38(9)34(43)31(36(6,7)8)37-32(41)28-18-13-14-20-39(28)25(3)4/h10-12,16-17,22,24-25,28-31H,13-15,18-21,23H2,1-9H3,(H,37,41)/t28?,29-,30+,31+/m0/s1. The Bertz CT molecular complexity index is 1210. The molecule has 1 unspecified atom stereocenters. The summed E-state index contributed by atoms with van der Waals surface area (Å²) in [7, 11) is 1.74. The number of amides is 3. The van der Waals surface area contributed by atoms with E-state index in [4.69, 9.17) is 4.74 Å². The summed E-state index contributed by atoms with van der Waals surface area (Å²) in [5.74, 6) is -0.929. The number of nitrogens with zero attached hydrogens (tertiary/aromatic N) is 3. The van der Waals surface area contributed by atoms with E-state index >= 15 is 0 Å². The number of hydrogen-bond acceptors (Lipinski definition) is 6. The minimum Gasteiger partial charge on any atom is -0.459 e. The molecule has 0 bridgehead atoms. The molecule has 3 rings (SSSR count). The molecule has 9 heteroatoms. The maximum Gasteiger partial charge on any atom is 0.329 e. The quantitative estimate of drug-likeness (QED) is 0.277. The van der Waals surface area contributed by atoms with Crippen LogP contribution in [0, 0.1) is 11.3 Å². The van der Waals surface area contributed by atoms with Gasteiger partial charge in [0.1, 0.15) is 18.7 Å². The van der Waals surface area contributed by atoms with Crippen molar-refractivity contribution in [2.75, 3.05) is 20.1 Å². The van der Waals surface area contributed by atoms with E-state index in [0.29, 0.717) is 18.5 Å². The summed E-state index contributed by atoms with van der Waals surface area (Å²) in [4.78, 5) is 59.9. The molecule has 2 aliphatic heterocycles. The number of piperidine rings is 1. The number of carbonyl (C=O) groups excluding carboxylic acids is 4. The Morgan fingerprint density at radius 3 is 2.22 bits per heavy atom. The second-order valence-electron chi connectivity index (χ2n) is 14.4. The number of hydrogen-bond donors (Lipinski definition) is 1. The van der Waals surface area contributed by atoms with Gasteiger partial charge in [0, 0.05) is 25.2 Å². The zero-order chi connectivity index (χ0) is 33.5. The van der Waals surface area contributed by atoms with Crippen LogP contribution in [0.5, 0.6) is 0 Å². The molecule has 0 spiro atoms. The predicted octanol–water partition coefficient (Wildman–Crippen LogP) is 4.94. The summed E-state index contributed by atoms with van der Waals surface area (Å²) in [6.07, 6.45) is 5.95. The third kappa shape index (κ3) is 9.41. The van der Waals surface area contributed by atoms with Gasteiger partial charge in [-0.2, -0.15) is 0 Å². The SMILES string of the molecule is CC(=C[C@H](C(C)C)N(C)C(=O)[C@@H](NC(=O)C1CCCCN1C(C)C)C(C)(C)C)C(=O)N1CCC[C@H]1C(=O)OCc1ccccc1. The first kappa shape index (κ1) is 36.3. The monoisotopic (exact) mass is 624 g/mol. The third-order valence-electron chi connectivity index (χ3n) is 9.16. The van der Waals surface area contributed by atoms with E-state index in [1.165, 1.54) is 0 Å². The Morgan fingerprint density at radius 1 is 0.978 bits per heavy atom. The largest absolute Gasteiger partial charge is 0.459 e. The Labute approximate surface area is 270 Å². The van der Waals surface area contributed by atoms with Gasteiger partial charge in [0.15, 0.2) is 0 Å². The van der Waals surface area contributed by atoms with Crippen molar-refractivity contribution in [3.63, 3.8) is 0 Å². The van der Waals surface area contributed by atoms with Crippen LogP contribution in [-0.2, 0) is 30.5 Å². The van der Waals surface area contributed by atoms with Gasteiger partial charge in [-0.1, -0.05) is 77.4 Å². The average Bonchev–Trinajstić information content (AvgIpc) is 3.50. The minimum absolute atomic E-state index is 0.00184. The first-order chi connectivity index (χ1) is 21.1. The van der Waals surface area contributed by atoms with Crippen molar-refractivity contribution in [1.29, 1.82) is 0 Å². The Hall–Kier alpha value is -3.20. The van der Waals surface area contributed by atoms with Crippen molar-refractivity contribution in [1.82, 2.24) is 20.0 Å². The van der Waals surface area contributed by atoms with Gasteiger partial charge >= 0.3 is 5.97 Å². The van der Waals surface area contributed by atoms with Crippen LogP contribution in [0.4, 0.5) is 0 Å². The lowest BCUT2D eigenvalue weighted by molar-refractivity contribution is -0.153. The van der Waals surface area contributed by atoms with Crippen LogP contribution in [0.15, 0.2) is 42.0 Å². The highest BCUT2D eigenvalue weighted by Gasteiger charge is 2.40. The summed E-state index contributed by atoms with van der Waals surface area (Å²) < 4.78 is 5.57. The van der Waals surface area contributed by atoms with Gasteiger partial charge in [-0.05, 0) is 69.9 Å². The van der Waals surface area contributed by atoms with Gasteiger partial charge in [-0.3, -0.25) is 19.3 Å². The fourth-order valence-electron chi connectivity index (χ4n) is 6.48. The van der Waals surface area contributed by atoms with Crippen molar-refractivity contribution in [2.24, 2.45) is 11.3 Å². The first-order valence-corrected chi connectivity index (χ1v) is 16.7. The van der Waals surface area contributed by atoms with E-state index in [1.54, 1.807) is 23.8 Å². The lowest BCUT2D eigenvalue weighted by Crippen LogP contribution is -2.60. The van der Waals surface area contributed by atoms with Crippen LogP contribution in [0.2, 0.25) is 0 Å². The van der Waals surface area contributed by atoms with Gasteiger partial charge in [0.05, 0.1) is 12.1 Å². The number of likely N-dealkylation sites (N-methyl/N-ethyl adjacent to an activating group) is 1. The number of nitrogens with one attached hydrogen (secondary N) is 1. The van der Waals surface area contributed by atoms with Crippen LogP contribution >= 0.6 is 0 Å². The number of likely N-dealkylation sites (tertiary alicyclic amines) is 2. The molecule has 0 aliphatic carbocycles. The van der Waals surface area contributed by atoms with Crippen LogP contribution in [0.1, 0.15) is 93.1 Å². The fourth-order valence-corrected chi connectivity index (χ4v) is 6.48. The molecular formula is C36H56N4O5. The third-order valence-corrected chi connectivity index (χ3v) is 9.16. The molecule has 0 aromatic heterocycles. The lowest BCUT2D eigenvalue weighted by Gasteiger charge is -2.41. The zero-order valence-electron chi connectivity index (χ0n) is 29.0. The van der Waals surface area contributed by atoms with Crippen molar-refractivity contribution in [2.45, 2.75) is 124 Å². The molecule has 2 saturated heterocycles. The van der Waals surface area contributed by atoms with Crippen molar-refractivity contribution < 1.29 is 23.9 Å². The number of rotatable bonds is 11. The van der Waals surface area contributed by atoms with Crippen molar-refractivity contribution in [3.05, 3.63) is 47.5 Å². The van der Waals surface area contributed by atoms with Crippen LogP contribution in [-0.4, -0.2) is 88.7 Å². The van der Waals surface area contributed by atoms with E-state index in [1.807, 2.05) is 71.0 Å². The Kier molecular flexibility index (Phi) is 12.8. The van der Waals surface area contributed by atoms with Crippen molar-refractivity contribution >= 4 is 23.7 Å². The highest BCUT2D eigenvalue weighted by molar-refractivity contribution is 5.96. The van der Waals surface area contributed by atoms with E-state index in [9.17, 15) is 19.2 Å². The molecule has 1 aromatic rings. The van der Waals surface area contributed by atoms with Gasteiger partial charge in [0.2, 0.25) is 17.7 Å². The van der Waals surface area contributed by atoms with Crippen LogP contribution in [0.3, 0.4) is 0 Å². The molecule has 1 N–H and O–H groups in total. The van der Waals surface area contributed by atoms with Crippen molar-refractivity contribution in [3.8, 4) is 0 Å². The molecule has 2 heterocycles. The van der Waals surface area contributed by atoms with E-state index in [0.717, 1.165) is 37.8 Å². The van der Waals surface area contributed by atoms with E-state index in [2.05, 4.69) is 24.1 Å². The van der Waals surface area contributed by atoms with Gasteiger partial charge < -0.3 is 19.9 Å². The molecule has 3 amide bonds. The molecule has 1 aromatic carbocycles. The Balaban J connectivity index is 1.75. The molecule has 0 radical (unpaired) electrons. The van der Waals surface area contributed by atoms with Crippen LogP contribution < -0.4 is 5.32 Å². The number of benzene rings is 1. The maximum absolute atomic E-state index is 14.1. The maximum atomic E-state index is 14.1.